The molecule has 35 nitrogen and oxygen atoms in total. The second kappa shape index (κ2) is 51.4. The summed E-state index contributed by atoms with van der Waals surface area (Å²) >= 11 is 0. The minimum Gasteiger partial charge on any atom is -0.476 e. The molecule has 0 spiro atoms. The molecule has 0 bridgehead atoms. The zero-order valence-corrected chi connectivity index (χ0v) is 79.1. The first kappa shape index (κ1) is 106. The molecule has 8 fully saturated rings. The number of hydrogen-bond acceptors (Lipinski definition) is 22. The number of fused-ring (bicyclic) bond motifs is 2. The maximum absolute atomic E-state index is 14.8. The van der Waals surface area contributed by atoms with Gasteiger partial charge in [0.05, 0.1) is 36.9 Å². The number of likely N-dealkylation sites (tertiary alicyclic amines) is 2. The van der Waals surface area contributed by atoms with Crippen molar-refractivity contribution in [2.45, 2.75) is 373 Å². The molecule has 35 heteroatoms. The number of amides is 12. The lowest BCUT2D eigenvalue weighted by Crippen LogP contribution is -2.62. The highest BCUT2D eigenvalue weighted by molar-refractivity contribution is 6.39. The number of carboxylic acid groups (broad SMARTS) is 1. The van der Waals surface area contributed by atoms with Gasteiger partial charge in [-0.05, 0) is 196 Å². The summed E-state index contributed by atoms with van der Waals surface area (Å²) in [6.45, 7) is 23.7. The van der Waals surface area contributed by atoms with Gasteiger partial charge in [-0.2, -0.15) is 0 Å². The van der Waals surface area contributed by atoms with Gasteiger partial charge in [0.25, 0.3) is 29.5 Å². The summed E-state index contributed by atoms with van der Waals surface area (Å²) in [5, 5.41) is 37.6. The fraction of sp³-hybridized carbons (Fsp3) is 0.758. The van der Waals surface area contributed by atoms with E-state index in [0.29, 0.717) is 71.2 Å². The lowest BCUT2D eigenvalue weighted by atomic mass is 9.82. The Morgan fingerprint density at radius 3 is 1.12 bits per heavy atom. The summed E-state index contributed by atoms with van der Waals surface area (Å²) < 4.78 is 5.13. The average Bonchev–Trinajstić information content (AvgIpc) is 1.61. The Balaban J connectivity index is 0.000000274. The number of ether oxygens (including phenoxy) is 1. The van der Waals surface area contributed by atoms with Crippen molar-refractivity contribution in [3.8, 4) is 0 Å². The number of rotatable bonds is 44. The standard InChI is InChI=1S/C45H71N9O7.C37H53N7O8.C13H28N2O2/c1-5-16-32(37(55)43(60)50-30-21-22-30)51-42(59)36-31-20-15-19-29(31)27-54(36)44(61)38(45(2,3)4)53-41(58)35(28-17-11-10-12-18-28)52-40(57)34-26-48-33(25-49-34)39(56)47-24-14-9-7-6-8-13-23-46;1-5-10-24(29(45)34(49)40-22-15-16-22)41-33(48)28-23-14-9-13-21(23)19-44(28)35(50)30(37(2,3)4)43-32(47)27(20-11-7-6-8-12-20)42-31(46)25-17-39-26(18-38-25)36(51)52;1-13(2,3)17-12(16)15-11-9-7-5-4-6-8-10-14/h25-26,28-32,35-36,38H,5-24,27,46H2,1-4H3,(H,47,56)(H,50,60)(H,51,59)(H,52,57)(H,53,58);17-18,20-24,27-28,30H,5-16,19H2,1-4H3,(H,40,49)(H,41,48)(H,42,46)(H,43,47)(H,51,52);4-11,14H2,1-3H3,(H,15,16)/t29-,31-,32-,35-,36-,38+;21-,23-,24-,27-,28-,30+;/m00./s1. The van der Waals surface area contributed by atoms with Gasteiger partial charge in [-0.3, -0.25) is 62.3 Å². The predicted octanol–water partition coefficient (Wildman–Crippen LogP) is 8.43. The minimum absolute atomic E-state index is 0.00560. The summed E-state index contributed by atoms with van der Waals surface area (Å²) in [5.74, 6) is -9.08. The van der Waals surface area contributed by atoms with Gasteiger partial charge < -0.3 is 84.3 Å². The smallest absolute Gasteiger partial charge is 0.407 e. The number of nitrogens with two attached hydrogens (primary N) is 2. The van der Waals surface area contributed by atoms with Gasteiger partial charge in [0, 0.05) is 38.3 Å². The summed E-state index contributed by atoms with van der Waals surface area (Å²) in [6, 6.07) is -7.89. The zero-order chi connectivity index (χ0) is 95.0. The van der Waals surface area contributed by atoms with E-state index in [1.807, 2.05) is 76.2 Å². The van der Waals surface area contributed by atoms with Crippen LogP contribution in [-0.2, 0) is 52.7 Å². The van der Waals surface area contributed by atoms with Crippen LogP contribution in [0.3, 0.4) is 0 Å². The molecule has 0 aromatic carbocycles. The minimum atomic E-state index is -1.29. The van der Waals surface area contributed by atoms with Crippen molar-refractivity contribution < 1.29 is 81.8 Å². The molecule has 2 aliphatic heterocycles. The number of alkyl carbamates (subject to hydrolysis) is 1. The molecule has 15 N–H and O–H groups in total. The summed E-state index contributed by atoms with van der Waals surface area (Å²) in [4.78, 5) is 220. The number of unbranched alkanes of at least 4 members (excludes halogenated alkanes) is 10. The van der Waals surface area contributed by atoms with Crippen molar-refractivity contribution in [2.75, 3.05) is 39.3 Å². The lowest BCUT2D eigenvalue weighted by Gasteiger charge is -2.38. The molecular weight excluding hydrogens is 1670 g/mol. The van der Waals surface area contributed by atoms with Crippen LogP contribution in [0.5, 0.6) is 0 Å². The van der Waals surface area contributed by atoms with Crippen LogP contribution >= 0.6 is 0 Å². The molecule has 2 aromatic rings. The van der Waals surface area contributed by atoms with Crippen LogP contribution in [0.1, 0.15) is 349 Å². The Morgan fingerprint density at radius 2 is 0.777 bits per heavy atom. The van der Waals surface area contributed by atoms with Gasteiger partial charge in [0.15, 0.2) is 5.69 Å². The van der Waals surface area contributed by atoms with Crippen LogP contribution in [0.25, 0.3) is 0 Å². The van der Waals surface area contributed by atoms with E-state index < -0.39 is 141 Å². The fourth-order valence-corrected chi connectivity index (χ4v) is 18.8. The van der Waals surface area contributed by atoms with E-state index in [-0.39, 0.29) is 95.2 Å². The molecule has 6 aliphatic carbocycles. The number of aromatic nitrogens is 4. The normalized spacial score (nSPS) is 21.1. The van der Waals surface area contributed by atoms with Crippen molar-refractivity contribution in [1.82, 2.24) is 82.9 Å². The number of carboxylic acids is 1. The van der Waals surface area contributed by atoms with Crippen molar-refractivity contribution in [1.29, 1.82) is 0 Å². The van der Waals surface area contributed by atoms with E-state index in [2.05, 4.69) is 73.1 Å². The van der Waals surface area contributed by atoms with E-state index in [1.165, 1.54) is 31.7 Å². The van der Waals surface area contributed by atoms with Gasteiger partial charge in [-0.25, -0.2) is 29.5 Å². The molecule has 2 aromatic heterocycles. The van der Waals surface area contributed by atoms with Gasteiger partial charge in [-0.1, -0.05) is 171 Å². The maximum atomic E-state index is 14.8. The number of carbonyl (C=O) groups excluding carboxylic acids is 14. The third kappa shape index (κ3) is 32.7. The quantitative estimate of drug-likeness (QED) is 0.0218. The van der Waals surface area contributed by atoms with E-state index in [1.54, 1.807) is 9.80 Å². The Bertz CT molecular complexity index is 4110. The Kier molecular flexibility index (Phi) is 41.8. The number of aromatic carboxylic acids is 1. The number of Topliss-reactive ketones (excluding diaryl/α,β-unsaturated/α-hetero) is 2. The first-order valence-corrected chi connectivity index (χ1v) is 48.5. The van der Waals surface area contributed by atoms with Crippen molar-refractivity contribution in [3.63, 3.8) is 0 Å². The molecule has 8 aliphatic rings. The summed E-state index contributed by atoms with van der Waals surface area (Å²) in [6.07, 6.45) is 35.6. The summed E-state index contributed by atoms with van der Waals surface area (Å²) in [5.41, 5.74) is 8.52. The molecule has 724 valence electrons. The molecule has 0 unspecified atom stereocenters. The second-order valence-electron chi connectivity index (χ2n) is 40.2. The molecule has 10 rings (SSSR count). The van der Waals surface area contributed by atoms with Crippen LogP contribution in [-0.4, -0.2) is 229 Å². The van der Waals surface area contributed by atoms with Crippen LogP contribution in [0.4, 0.5) is 4.79 Å². The highest BCUT2D eigenvalue weighted by Crippen LogP contribution is 2.45. The molecule has 4 heterocycles. The summed E-state index contributed by atoms with van der Waals surface area (Å²) in [7, 11) is 0. The number of nitrogens with zero attached hydrogens (tertiary/aromatic N) is 6. The third-order valence-electron chi connectivity index (χ3n) is 26.2. The van der Waals surface area contributed by atoms with Crippen LogP contribution in [0.2, 0.25) is 0 Å². The van der Waals surface area contributed by atoms with Crippen LogP contribution < -0.4 is 64.6 Å². The fourth-order valence-electron chi connectivity index (χ4n) is 18.8. The molecule has 12 amide bonds. The average molecular weight is 1820 g/mol. The highest BCUT2D eigenvalue weighted by atomic mass is 16.6. The molecular formula is C95H152N18O17. The van der Waals surface area contributed by atoms with E-state index >= 15 is 0 Å². The van der Waals surface area contributed by atoms with Gasteiger partial charge in [-0.15, -0.1) is 0 Å². The Hall–Kier alpha value is -9.67. The van der Waals surface area contributed by atoms with Crippen molar-refractivity contribution >= 4 is 88.6 Å². The topological polar surface area (TPSA) is 516 Å². The van der Waals surface area contributed by atoms with Crippen LogP contribution in [0.15, 0.2) is 24.8 Å². The Labute approximate surface area is 767 Å². The molecule has 2 saturated heterocycles. The lowest BCUT2D eigenvalue weighted by molar-refractivity contribution is -0.146. The van der Waals surface area contributed by atoms with Gasteiger partial charge in [0.2, 0.25) is 47.0 Å². The number of nitrogens with one attached hydrogen (secondary N) is 10. The molecule has 6 saturated carbocycles. The third-order valence-corrected chi connectivity index (χ3v) is 26.2. The largest absolute Gasteiger partial charge is 0.476 e. The first-order chi connectivity index (χ1) is 61.9. The molecule has 130 heavy (non-hydrogen) atoms. The first-order valence-electron chi connectivity index (χ1n) is 48.5. The zero-order valence-electron chi connectivity index (χ0n) is 79.1. The predicted molar refractivity (Wildman–Crippen MR) is 488 cm³/mol. The number of ketones is 2. The number of hydrogen-bond donors (Lipinski definition) is 13. The van der Waals surface area contributed by atoms with E-state index in [9.17, 15) is 71.9 Å². The molecule has 12 atom stereocenters. The van der Waals surface area contributed by atoms with E-state index in [4.69, 9.17) is 21.3 Å². The van der Waals surface area contributed by atoms with Gasteiger partial charge >= 0.3 is 12.1 Å². The highest BCUT2D eigenvalue weighted by Gasteiger charge is 2.55. The number of carbonyl (C=O) groups is 15. The second-order valence-corrected chi connectivity index (χ2v) is 40.2. The molecule has 0 radical (unpaired) electrons. The van der Waals surface area contributed by atoms with Gasteiger partial charge in [0.1, 0.15) is 58.9 Å². The Morgan fingerprint density at radius 1 is 0.423 bits per heavy atom. The van der Waals surface area contributed by atoms with Crippen molar-refractivity contribution in [2.24, 2.45) is 57.8 Å². The van der Waals surface area contributed by atoms with Crippen LogP contribution in [0, 0.1) is 46.3 Å². The van der Waals surface area contributed by atoms with E-state index in [0.717, 1.165) is 179 Å². The SMILES string of the molecule is CC(C)(C)OC(=O)NCCCCCCCCN.CCC[C@H](NC(=O)[C@@H]1[C@H]2CCC[C@H]2CN1C(=O)[C@@H](NC(=O)[C@@H](NC(=O)c1cnc(C(=O)NCCCCCCCCN)cn1)C1CCCCC1)C(C)(C)C)C(=O)C(=O)NC1CC1.CCC[C@H](NC(=O)[C@@H]1[C@H]2CCC[C@H]2CN1C(=O)[C@@H](NC(=O)[C@@H](NC(=O)c1cnc(C(=O)O)cn1)C1CCCCC1)C(C)(C)C)C(=O)C(=O)NC1CC1. The van der Waals surface area contributed by atoms with Crippen molar-refractivity contribution in [3.05, 3.63) is 47.6 Å². The monoisotopic (exact) mass is 1820 g/mol. The maximum Gasteiger partial charge on any atom is 0.407 e.